The van der Waals surface area contributed by atoms with Gasteiger partial charge in [-0.05, 0) is 26.9 Å². The van der Waals surface area contributed by atoms with Gasteiger partial charge in [0.1, 0.15) is 0 Å². The van der Waals surface area contributed by atoms with Crippen LogP contribution in [0.2, 0.25) is 0 Å². The van der Waals surface area contributed by atoms with E-state index in [1.807, 2.05) is 6.92 Å². The molecular weight excluding hydrogens is 138 g/mol. The van der Waals surface area contributed by atoms with Crippen LogP contribution < -0.4 is 0 Å². The quantitative estimate of drug-likeness (QED) is 0.585. The molecule has 0 aromatic carbocycles. The van der Waals surface area contributed by atoms with E-state index in [1.165, 1.54) is 0 Å². The van der Waals surface area contributed by atoms with Crippen LogP contribution in [0.3, 0.4) is 0 Å². The Morgan fingerprint density at radius 2 is 1.73 bits per heavy atom. The van der Waals surface area contributed by atoms with Crippen molar-refractivity contribution in [2.75, 3.05) is 26.2 Å². The standard InChI is InChI=1S/C9H21NO/c1-5-10(6-2)8-9(4)11-7-3/h9H,5-8H2,1-4H3/t9-/m1/s1. The minimum absolute atomic E-state index is 0.375. The first-order valence-electron chi connectivity index (χ1n) is 4.58. The Hall–Kier alpha value is -0.0800. The van der Waals surface area contributed by atoms with E-state index in [9.17, 15) is 0 Å². The van der Waals surface area contributed by atoms with E-state index in [4.69, 9.17) is 4.74 Å². The van der Waals surface area contributed by atoms with Gasteiger partial charge in [-0.15, -0.1) is 0 Å². The summed E-state index contributed by atoms with van der Waals surface area (Å²) in [5.41, 5.74) is 0. The molecule has 0 saturated heterocycles. The van der Waals surface area contributed by atoms with Gasteiger partial charge in [0.25, 0.3) is 0 Å². The van der Waals surface area contributed by atoms with Gasteiger partial charge >= 0.3 is 0 Å². The van der Waals surface area contributed by atoms with Crippen molar-refractivity contribution < 1.29 is 4.74 Å². The Balaban J connectivity index is 3.44. The number of ether oxygens (including phenoxy) is 1. The van der Waals surface area contributed by atoms with Crippen LogP contribution in [-0.2, 0) is 4.74 Å². The van der Waals surface area contributed by atoms with Gasteiger partial charge in [-0.2, -0.15) is 0 Å². The monoisotopic (exact) mass is 159 g/mol. The van der Waals surface area contributed by atoms with Crippen molar-refractivity contribution in [3.05, 3.63) is 0 Å². The maximum atomic E-state index is 5.43. The molecule has 68 valence electrons. The maximum Gasteiger partial charge on any atom is 0.0673 e. The largest absolute Gasteiger partial charge is 0.377 e. The minimum Gasteiger partial charge on any atom is -0.377 e. The summed E-state index contributed by atoms with van der Waals surface area (Å²) in [6.45, 7) is 12.6. The third-order valence-electron chi connectivity index (χ3n) is 1.86. The van der Waals surface area contributed by atoms with Crippen molar-refractivity contribution in [2.24, 2.45) is 0 Å². The zero-order valence-corrected chi connectivity index (χ0v) is 8.26. The average Bonchev–Trinajstić information content (AvgIpc) is 2.01. The molecule has 0 aliphatic heterocycles. The van der Waals surface area contributed by atoms with E-state index < -0.39 is 0 Å². The molecule has 0 saturated carbocycles. The highest BCUT2D eigenvalue weighted by Gasteiger charge is 2.05. The lowest BCUT2D eigenvalue weighted by Gasteiger charge is -2.22. The van der Waals surface area contributed by atoms with Crippen LogP contribution in [-0.4, -0.2) is 37.2 Å². The summed E-state index contributed by atoms with van der Waals surface area (Å²) in [7, 11) is 0. The topological polar surface area (TPSA) is 12.5 Å². The third-order valence-corrected chi connectivity index (χ3v) is 1.86. The smallest absolute Gasteiger partial charge is 0.0673 e. The van der Waals surface area contributed by atoms with Crippen LogP contribution >= 0.6 is 0 Å². The lowest BCUT2D eigenvalue weighted by molar-refractivity contribution is 0.0482. The normalized spacial score (nSPS) is 13.9. The number of nitrogens with zero attached hydrogens (tertiary/aromatic N) is 1. The summed E-state index contributed by atoms with van der Waals surface area (Å²) < 4.78 is 5.43. The lowest BCUT2D eigenvalue weighted by atomic mass is 10.3. The van der Waals surface area contributed by atoms with E-state index in [0.29, 0.717) is 6.10 Å². The Labute approximate surface area is 70.5 Å². The van der Waals surface area contributed by atoms with Gasteiger partial charge in [0, 0.05) is 13.2 Å². The van der Waals surface area contributed by atoms with Crippen LogP contribution in [0.15, 0.2) is 0 Å². The second kappa shape index (κ2) is 6.62. The summed E-state index contributed by atoms with van der Waals surface area (Å²) in [5.74, 6) is 0. The molecule has 0 aliphatic carbocycles. The van der Waals surface area contributed by atoms with Gasteiger partial charge in [-0.1, -0.05) is 13.8 Å². The molecule has 0 aromatic rings. The molecule has 2 heteroatoms. The van der Waals surface area contributed by atoms with Crippen LogP contribution in [0.4, 0.5) is 0 Å². The van der Waals surface area contributed by atoms with Crippen LogP contribution in [0.25, 0.3) is 0 Å². The first-order chi connectivity index (χ1) is 5.24. The molecule has 0 radical (unpaired) electrons. The molecule has 0 fully saturated rings. The third kappa shape index (κ3) is 5.22. The van der Waals surface area contributed by atoms with E-state index in [-0.39, 0.29) is 0 Å². The summed E-state index contributed by atoms with van der Waals surface area (Å²) >= 11 is 0. The number of hydrogen-bond acceptors (Lipinski definition) is 2. The predicted octanol–water partition coefficient (Wildman–Crippen LogP) is 1.75. The van der Waals surface area contributed by atoms with Gasteiger partial charge in [0.2, 0.25) is 0 Å². The zero-order valence-electron chi connectivity index (χ0n) is 8.26. The van der Waals surface area contributed by atoms with Crippen LogP contribution in [0.1, 0.15) is 27.7 Å². The van der Waals surface area contributed by atoms with E-state index >= 15 is 0 Å². The zero-order chi connectivity index (χ0) is 8.69. The molecule has 0 aliphatic rings. The summed E-state index contributed by atoms with van der Waals surface area (Å²) in [6.07, 6.45) is 0.375. The Morgan fingerprint density at radius 3 is 2.09 bits per heavy atom. The van der Waals surface area contributed by atoms with E-state index in [1.54, 1.807) is 0 Å². The minimum atomic E-state index is 0.375. The SMILES string of the molecule is CCO[C@H](C)CN(CC)CC. The van der Waals surface area contributed by atoms with Crippen molar-refractivity contribution >= 4 is 0 Å². The highest BCUT2D eigenvalue weighted by atomic mass is 16.5. The van der Waals surface area contributed by atoms with Crippen molar-refractivity contribution in [1.82, 2.24) is 4.90 Å². The molecule has 0 amide bonds. The van der Waals surface area contributed by atoms with Crippen molar-refractivity contribution in [3.63, 3.8) is 0 Å². The first-order valence-corrected chi connectivity index (χ1v) is 4.58. The summed E-state index contributed by atoms with van der Waals surface area (Å²) in [6, 6.07) is 0. The molecule has 1 atom stereocenters. The Kier molecular flexibility index (Phi) is 6.57. The van der Waals surface area contributed by atoms with Gasteiger partial charge in [0.15, 0.2) is 0 Å². The van der Waals surface area contributed by atoms with Crippen LogP contribution in [0.5, 0.6) is 0 Å². The molecule has 0 N–H and O–H groups in total. The predicted molar refractivity (Wildman–Crippen MR) is 48.9 cm³/mol. The molecule has 0 rings (SSSR count). The van der Waals surface area contributed by atoms with Gasteiger partial charge < -0.3 is 9.64 Å². The number of likely N-dealkylation sites (N-methyl/N-ethyl adjacent to an activating group) is 1. The molecule has 0 aromatic heterocycles. The fourth-order valence-corrected chi connectivity index (χ4v) is 1.18. The summed E-state index contributed by atoms with van der Waals surface area (Å²) in [4.78, 5) is 2.38. The van der Waals surface area contributed by atoms with Gasteiger partial charge in [-0.25, -0.2) is 0 Å². The Morgan fingerprint density at radius 1 is 1.18 bits per heavy atom. The van der Waals surface area contributed by atoms with Gasteiger partial charge in [0.05, 0.1) is 6.10 Å². The summed E-state index contributed by atoms with van der Waals surface area (Å²) in [5, 5.41) is 0. The molecular formula is C9H21NO. The second-order valence-corrected chi connectivity index (χ2v) is 2.75. The van der Waals surface area contributed by atoms with Crippen molar-refractivity contribution in [3.8, 4) is 0 Å². The van der Waals surface area contributed by atoms with Crippen molar-refractivity contribution in [1.29, 1.82) is 0 Å². The molecule has 11 heavy (non-hydrogen) atoms. The fraction of sp³-hybridized carbons (Fsp3) is 1.00. The Bertz CT molecular complexity index is 81.6. The number of rotatable bonds is 6. The molecule has 0 heterocycles. The van der Waals surface area contributed by atoms with Gasteiger partial charge in [-0.3, -0.25) is 0 Å². The highest BCUT2D eigenvalue weighted by molar-refractivity contribution is 4.58. The van der Waals surface area contributed by atoms with E-state index in [2.05, 4.69) is 25.7 Å². The fourth-order valence-electron chi connectivity index (χ4n) is 1.18. The number of hydrogen-bond donors (Lipinski definition) is 0. The second-order valence-electron chi connectivity index (χ2n) is 2.75. The average molecular weight is 159 g/mol. The highest BCUT2D eigenvalue weighted by Crippen LogP contribution is 1.95. The maximum absolute atomic E-state index is 5.43. The van der Waals surface area contributed by atoms with Crippen molar-refractivity contribution in [2.45, 2.75) is 33.8 Å². The molecule has 0 unspecified atom stereocenters. The van der Waals surface area contributed by atoms with Crippen LogP contribution in [0, 0.1) is 0 Å². The first kappa shape index (κ1) is 10.9. The molecule has 0 spiro atoms. The molecule has 0 bridgehead atoms. The molecule has 2 nitrogen and oxygen atoms in total. The lowest BCUT2D eigenvalue weighted by Crippen LogP contribution is -2.32. The van der Waals surface area contributed by atoms with E-state index in [0.717, 1.165) is 26.2 Å².